The molecule has 0 radical (unpaired) electrons. The van der Waals surface area contributed by atoms with Gasteiger partial charge in [-0.1, -0.05) is 146 Å². The summed E-state index contributed by atoms with van der Waals surface area (Å²) in [6, 6.07) is 63.3. The molecular formula is C57H43N3. The molecule has 3 heteroatoms. The number of anilines is 6. The lowest BCUT2D eigenvalue weighted by Gasteiger charge is -2.29. The molecule has 4 aliphatic rings. The summed E-state index contributed by atoms with van der Waals surface area (Å²) in [6.45, 7) is 0. The molecule has 0 saturated carbocycles. The molecule has 3 nitrogen and oxygen atoms in total. The molecular weight excluding hydrogens is 727 g/mol. The van der Waals surface area contributed by atoms with Gasteiger partial charge >= 0.3 is 0 Å². The van der Waals surface area contributed by atoms with Crippen molar-refractivity contribution in [3.8, 4) is 22.3 Å². The monoisotopic (exact) mass is 769 g/mol. The molecule has 3 heterocycles. The molecule has 12 rings (SSSR count). The first kappa shape index (κ1) is 34.7. The molecule has 3 aliphatic heterocycles. The first-order valence-corrected chi connectivity index (χ1v) is 21.3. The van der Waals surface area contributed by atoms with Crippen LogP contribution in [0.25, 0.3) is 44.8 Å². The highest BCUT2D eigenvalue weighted by atomic mass is 15.2. The van der Waals surface area contributed by atoms with E-state index in [1.54, 1.807) is 0 Å². The minimum Gasteiger partial charge on any atom is -0.380 e. The average molecular weight is 770 g/mol. The highest BCUT2D eigenvalue weighted by Crippen LogP contribution is 2.46. The Bertz CT molecular complexity index is 3200. The molecule has 1 aliphatic carbocycles. The highest BCUT2D eigenvalue weighted by Gasteiger charge is 2.28. The van der Waals surface area contributed by atoms with Crippen LogP contribution in [0.3, 0.4) is 0 Å². The maximum absolute atomic E-state index is 3.83. The summed E-state index contributed by atoms with van der Waals surface area (Å²) >= 11 is 0. The Morgan fingerprint density at radius 3 is 1.50 bits per heavy atom. The van der Waals surface area contributed by atoms with Crippen molar-refractivity contribution in [2.24, 2.45) is 0 Å². The van der Waals surface area contributed by atoms with Crippen molar-refractivity contribution in [1.82, 2.24) is 5.32 Å². The summed E-state index contributed by atoms with van der Waals surface area (Å²) in [7, 11) is 0. The molecule has 0 bridgehead atoms. The number of nitrogens with zero attached hydrogens (tertiary/aromatic N) is 2. The number of fused-ring (bicyclic) bond motifs is 7. The van der Waals surface area contributed by atoms with Crippen LogP contribution in [0.5, 0.6) is 0 Å². The number of hydrogen-bond acceptors (Lipinski definition) is 3. The Morgan fingerprint density at radius 1 is 0.433 bits per heavy atom. The molecule has 0 aromatic heterocycles. The van der Waals surface area contributed by atoms with Crippen molar-refractivity contribution < 1.29 is 0 Å². The van der Waals surface area contributed by atoms with E-state index in [1.165, 1.54) is 105 Å². The van der Waals surface area contributed by atoms with Gasteiger partial charge in [0.25, 0.3) is 0 Å². The highest BCUT2D eigenvalue weighted by molar-refractivity contribution is 6.07. The smallest absolute Gasteiger partial charge is 0.0702 e. The summed E-state index contributed by atoms with van der Waals surface area (Å²) in [5.41, 5.74) is 19.1. The van der Waals surface area contributed by atoms with Crippen LogP contribution in [-0.4, -0.2) is 6.04 Å². The molecule has 1 unspecified atom stereocenters. The number of nitrogens with one attached hydrogen (secondary N) is 1. The Labute approximate surface area is 351 Å². The molecule has 8 aromatic carbocycles. The lowest BCUT2D eigenvalue weighted by atomic mass is 9.83. The van der Waals surface area contributed by atoms with E-state index < -0.39 is 0 Å². The van der Waals surface area contributed by atoms with Gasteiger partial charge in [-0.05, 0) is 140 Å². The number of allylic oxidation sites excluding steroid dienone is 2. The molecule has 1 atom stereocenters. The van der Waals surface area contributed by atoms with E-state index in [0.717, 1.165) is 25.7 Å². The molecule has 60 heavy (non-hydrogen) atoms. The van der Waals surface area contributed by atoms with E-state index in [4.69, 9.17) is 0 Å². The second-order valence-electron chi connectivity index (χ2n) is 16.4. The van der Waals surface area contributed by atoms with Crippen LogP contribution in [0, 0.1) is 0 Å². The van der Waals surface area contributed by atoms with Gasteiger partial charge in [-0.25, -0.2) is 0 Å². The van der Waals surface area contributed by atoms with E-state index in [0.29, 0.717) is 0 Å². The fourth-order valence-electron chi connectivity index (χ4n) is 10.3. The second kappa shape index (κ2) is 14.2. The van der Waals surface area contributed by atoms with Gasteiger partial charge in [0.05, 0.1) is 6.04 Å². The lowest BCUT2D eigenvalue weighted by Crippen LogP contribution is -2.44. The third-order valence-electron chi connectivity index (χ3n) is 13.0. The van der Waals surface area contributed by atoms with Gasteiger partial charge in [0, 0.05) is 45.5 Å². The van der Waals surface area contributed by atoms with Crippen LogP contribution in [0.4, 0.5) is 34.1 Å². The summed E-state index contributed by atoms with van der Waals surface area (Å²) in [4.78, 5) is 4.97. The van der Waals surface area contributed by atoms with Crippen molar-refractivity contribution >= 4 is 56.7 Å². The van der Waals surface area contributed by atoms with Gasteiger partial charge < -0.3 is 15.1 Å². The van der Waals surface area contributed by atoms with Gasteiger partial charge in [-0.2, -0.15) is 0 Å². The fourth-order valence-corrected chi connectivity index (χ4v) is 10.3. The van der Waals surface area contributed by atoms with Crippen molar-refractivity contribution in [1.29, 1.82) is 0 Å². The predicted octanol–water partition coefficient (Wildman–Crippen LogP) is 12.3. The topological polar surface area (TPSA) is 18.5 Å². The van der Waals surface area contributed by atoms with Crippen molar-refractivity contribution in [2.45, 2.75) is 31.7 Å². The third kappa shape index (κ3) is 5.57. The quantitative estimate of drug-likeness (QED) is 0.192. The van der Waals surface area contributed by atoms with Crippen LogP contribution in [-0.2, 0) is 25.7 Å². The molecule has 286 valence electrons. The number of benzene rings is 8. The zero-order valence-corrected chi connectivity index (χ0v) is 33.4. The van der Waals surface area contributed by atoms with E-state index in [1.807, 2.05) is 0 Å². The van der Waals surface area contributed by atoms with Crippen LogP contribution in [0.2, 0.25) is 0 Å². The van der Waals surface area contributed by atoms with Crippen molar-refractivity contribution in [3.05, 3.63) is 227 Å². The van der Waals surface area contributed by atoms with E-state index >= 15 is 0 Å². The lowest BCUT2D eigenvalue weighted by molar-refractivity contribution is 0.878. The van der Waals surface area contributed by atoms with Crippen molar-refractivity contribution in [3.63, 3.8) is 0 Å². The summed E-state index contributed by atoms with van der Waals surface area (Å²) in [5.74, 6) is 0. The van der Waals surface area contributed by atoms with E-state index in [-0.39, 0.29) is 6.04 Å². The Hall–Kier alpha value is -7.36. The number of aryl methyl sites for hydroxylation is 4. The minimum absolute atomic E-state index is 0.0842. The zero-order valence-electron chi connectivity index (χ0n) is 33.4. The molecule has 1 N–H and O–H groups in total. The van der Waals surface area contributed by atoms with Crippen LogP contribution in [0.1, 0.15) is 22.3 Å². The van der Waals surface area contributed by atoms with E-state index in [2.05, 4.69) is 215 Å². The Morgan fingerprint density at radius 2 is 0.917 bits per heavy atom. The summed E-state index contributed by atoms with van der Waals surface area (Å²) < 4.78 is 0. The molecule has 0 saturated heterocycles. The second-order valence-corrected chi connectivity index (χ2v) is 16.4. The first-order valence-electron chi connectivity index (χ1n) is 21.3. The van der Waals surface area contributed by atoms with Gasteiger partial charge in [0.1, 0.15) is 0 Å². The van der Waals surface area contributed by atoms with Gasteiger partial charge in [-0.15, -0.1) is 0 Å². The largest absolute Gasteiger partial charge is 0.380 e. The van der Waals surface area contributed by atoms with Gasteiger partial charge in [0.15, 0.2) is 0 Å². The van der Waals surface area contributed by atoms with Crippen LogP contribution < -0.4 is 25.6 Å². The van der Waals surface area contributed by atoms with Crippen molar-refractivity contribution in [2.75, 3.05) is 9.80 Å². The Kier molecular flexibility index (Phi) is 8.19. The summed E-state index contributed by atoms with van der Waals surface area (Å²) in [6.07, 6.45) is 15.3. The number of rotatable bonds is 4. The van der Waals surface area contributed by atoms with Gasteiger partial charge in [0.2, 0.25) is 0 Å². The predicted molar refractivity (Wildman–Crippen MR) is 251 cm³/mol. The van der Waals surface area contributed by atoms with E-state index in [9.17, 15) is 0 Å². The molecule has 0 spiro atoms. The third-order valence-corrected chi connectivity index (χ3v) is 13.0. The Balaban J connectivity index is 1.13. The minimum atomic E-state index is 0.0842. The maximum atomic E-state index is 3.83. The van der Waals surface area contributed by atoms with Crippen LogP contribution in [0.15, 0.2) is 194 Å². The molecule has 0 fully saturated rings. The standard InChI is InChI=1S/C57H43N3/c1-3-17-44(18-4-1)59-51-25-13-7-15-38(51)27-29-40-31-33-42(35-53(40)59)55-46-21-9-10-22-47(46)56(57-48-23-11-12-24-50(48)58-37-49(55)57)43-34-32-41-30-28-39-16-8-14-26-52(39)60(54(41)36-43)45-19-5-2-6-20-45/h1-26,31-37,50,58H,27-30H2. The fraction of sp³-hybridized carbons (Fsp3) is 0.0877. The first-order chi connectivity index (χ1) is 29.8. The zero-order chi connectivity index (χ0) is 39.6. The SMILES string of the molecule is C1=CC2=c3c(-c4ccc5c(c4)N(c4ccccc4)c4ccccc4CC5)c4ccccc4c(-c4ccc5c(c4)N(c4ccccc4)c4ccccc4CC5)c3=CNC2C=C1. The summed E-state index contributed by atoms with van der Waals surface area (Å²) in [5, 5.41) is 8.87. The van der Waals surface area contributed by atoms with Crippen LogP contribution >= 0.6 is 0 Å². The van der Waals surface area contributed by atoms with Gasteiger partial charge in [-0.3, -0.25) is 0 Å². The normalized spacial score (nSPS) is 15.9. The average Bonchev–Trinajstić information content (AvgIpc) is 3.59. The maximum Gasteiger partial charge on any atom is 0.0702 e. The molecule has 8 aromatic rings. The molecule has 0 amide bonds. The number of para-hydroxylation sites is 4. The number of hydrogen-bond donors (Lipinski definition) is 1.